The van der Waals surface area contributed by atoms with Crippen molar-refractivity contribution in [1.82, 2.24) is 0 Å². The maximum atomic E-state index is 2.56. The second kappa shape index (κ2) is 6.57. The Morgan fingerprint density at radius 1 is 0.621 bits per heavy atom. The predicted molar refractivity (Wildman–Crippen MR) is 132 cm³/mol. The van der Waals surface area contributed by atoms with Gasteiger partial charge in [0.2, 0.25) is 0 Å². The molecule has 0 amide bonds. The Morgan fingerprint density at radius 2 is 1.00 bits per heavy atom. The van der Waals surface area contributed by atoms with Crippen LogP contribution in [0.15, 0.2) is 48.6 Å². The summed E-state index contributed by atoms with van der Waals surface area (Å²) >= 11 is 0. The molecule has 1 heteroatoms. The van der Waals surface area contributed by atoms with Gasteiger partial charge in [0.05, 0.1) is 0 Å². The lowest BCUT2D eigenvalue weighted by molar-refractivity contribution is 0.370. The molecule has 2 unspecified atom stereocenters. The third-order valence-electron chi connectivity index (χ3n) is 7.05. The summed E-state index contributed by atoms with van der Waals surface area (Å²) in [5.74, 6) is 0.988. The molecule has 0 aromatic heterocycles. The number of hydrogen-bond acceptors (Lipinski definition) is 0. The highest BCUT2D eigenvalue weighted by Crippen LogP contribution is 2.44. The monoisotopic (exact) mass is 400 g/mol. The van der Waals surface area contributed by atoms with Crippen LogP contribution in [0.2, 0.25) is 13.1 Å². The van der Waals surface area contributed by atoms with E-state index in [2.05, 4.69) is 115 Å². The second-order valence-electron chi connectivity index (χ2n) is 11.6. The Labute approximate surface area is 178 Å². The van der Waals surface area contributed by atoms with E-state index < -0.39 is 8.07 Å². The van der Waals surface area contributed by atoms with Gasteiger partial charge in [-0.25, -0.2) is 0 Å². The van der Waals surface area contributed by atoms with Crippen LogP contribution in [-0.2, 0) is 0 Å². The second-order valence-corrected chi connectivity index (χ2v) is 16.0. The third kappa shape index (κ3) is 3.28. The topological polar surface area (TPSA) is 0 Å². The van der Waals surface area contributed by atoms with Gasteiger partial charge in [-0.1, -0.05) is 126 Å². The van der Waals surface area contributed by atoms with Crippen molar-refractivity contribution in [3.63, 3.8) is 0 Å². The highest BCUT2D eigenvalue weighted by molar-refractivity contribution is 7.01. The van der Waals surface area contributed by atoms with Gasteiger partial charge in [0.15, 0.2) is 0 Å². The maximum Gasteiger partial charge on any atom is 0.113 e. The number of fused-ring (bicyclic) bond motifs is 2. The average molecular weight is 401 g/mol. The molecular weight excluding hydrogens is 364 g/mol. The van der Waals surface area contributed by atoms with Gasteiger partial charge in [-0.15, -0.1) is 0 Å². The fourth-order valence-electron chi connectivity index (χ4n) is 5.42. The van der Waals surface area contributed by atoms with E-state index in [0.717, 1.165) is 0 Å². The lowest BCUT2D eigenvalue weighted by Crippen LogP contribution is -2.56. The zero-order valence-electron chi connectivity index (χ0n) is 19.4. The molecule has 0 radical (unpaired) electrons. The molecule has 152 valence electrons. The first-order chi connectivity index (χ1) is 13.4. The maximum absolute atomic E-state index is 2.56. The summed E-state index contributed by atoms with van der Waals surface area (Å²) in [6.45, 7) is 19.4. The van der Waals surface area contributed by atoms with Crippen molar-refractivity contribution in [2.24, 2.45) is 10.8 Å². The van der Waals surface area contributed by atoms with Crippen molar-refractivity contribution in [3.05, 3.63) is 70.8 Å². The Kier molecular flexibility index (Phi) is 4.62. The quantitative estimate of drug-likeness (QED) is 0.485. The van der Waals surface area contributed by atoms with Gasteiger partial charge in [0.25, 0.3) is 0 Å². The molecule has 2 aliphatic rings. The Bertz CT molecular complexity index is 924. The van der Waals surface area contributed by atoms with E-state index in [1.54, 1.807) is 21.5 Å². The SMILES string of the molecule is CC(C)(C)C1C=Cc2cccc([Si](C)(C)c3cccc4c3C(C(C)(C)C)C=C4)c21. The van der Waals surface area contributed by atoms with Crippen molar-refractivity contribution in [1.29, 1.82) is 0 Å². The molecule has 0 spiro atoms. The molecule has 0 saturated carbocycles. The molecule has 0 N–H and O–H groups in total. The van der Waals surface area contributed by atoms with E-state index in [1.807, 2.05) is 0 Å². The third-order valence-corrected chi connectivity index (χ3v) is 10.6. The Morgan fingerprint density at radius 3 is 1.34 bits per heavy atom. The molecule has 0 heterocycles. The van der Waals surface area contributed by atoms with Crippen LogP contribution in [-0.4, -0.2) is 8.07 Å². The number of benzene rings is 2. The Hall–Kier alpha value is -1.86. The summed E-state index contributed by atoms with van der Waals surface area (Å²) in [4.78, 5) is 0. The molecule has 0 fully saturated rings. The molecule has 0 bridgehead atoms. The Balaban J connectivity index is 1.91. The first-order valence-corrected chi connectivity index (χ1v) is 14.1. The minimum Gasteiger partial charge on any atom is -0.0759 e. The average Bonchev–Trinajstić information content (AvgIpc) is 3.24. The number of allylic oxidation sites excluding steroid dienone is 2. The lowest BCUT2D eigenvalue weighted by Gasteiger charge is -2.36. The van der Waals surface area contributed by atoms with Crippen LogP contribution >= 0.6 is 0 Å². The van der Waals surface area contributed by atoms with Gasteiger partial charge >= 0.3 is 0 Å². The van der Waals surface area contributed by atoms with Gasteiger partial charge < -0.3 is 0 Å². The molecule has 2 aromatic rings. The molecule has 2 atom stereocenters. The predicted octanol–water partition coefficient (Wildman–Crippen LogP) is 6.82. The minimum absolute atomic E-state index is 0.233. The molecule has 29 heavy (non-hydrogen) atoms. The van der Waals surface area contributed by atoms with Gasteiger partial charge in [-0.05, 0) is 33.1 Å². The largest absolute Gasteiger partial charge is 0.113 e. The van der Waals surface area contributed by atoms with Crippen LogP contribution < -0.4 is 10.4 Å². The summed E-state index contributed by atoms with van der Waals surface area (Å²) in [5, 5.41) is 3.24. The van der Waals surface area contributed by atoms with Gasteiger partial charge in [0.1, 0.15) is 8.07 Å². The zero-order valence-corrected chi connectivity index (χ0v) is 20.4. The van der Waals surface area contributed by atoms with Crippen LogP contribution in [0.4, 0.5) is 0 Å². The molecular formula is C28H36Si. The lowest BCUT2D eigenvalue weighted by atomic mass is 9.78. The first-order valence-electron chi connectivity index (χ1n) is 11.1. The van der Waals surface area contributed by atoms with Crippen LogP contribution in [0.1, 0.15) is 75.6 Å². The fraction of sp³-hybridized carbons (Fsp3) is 0.429. The minimum atomic E-state index is -1.89. The molecule has 4 rings (SSSR count). The number of hydrogen-bond donors (Lipinski definition) is 0. The van der Waals surface area contributed by atoms with Crippen molar-refractivity contribution in [3.8, 4) is 0 Å². The smallest absolute Gasteiger partial charge is 0.0759 e. The molecule has 2 aliphatic carbocycles. The van der Waals surface area contributed by atoms with Gasteiger partial charge in [-0.3, -0.25) is 0 Å². The van der Waals surface area contributed by atoms with Crippen molar-refractivity contribution >= 4 is 30.6 Å². The van der Waals surface area contributed by atoms with E-state index in [9.17, 15) is 0 Å². The van der Waals surface area contributed by atoms with Crippen LogP contribution in [0.25, 0.3) is 12.2 Å². The van der Waals surface area contributed by atoms with E-state index >= 15 is 0 Å². The highest BCUT2D eigenvalue weighted by Gasteiger charge is 2.40. The van der Waals surface area contributed by atoms with E-state index in [0.29, 0.717) is 11.8 Å². The van der Waals surface area contributed by atoms with Crippen LogP contribution in [0.3, 0.4) is 0 Å². The van der Waals surface area contributed by atoms with Crippen LogP contribution in [0, 0.1) is 10.8 Å². The summed E-state index contributed by atoms with van der Waals surface area (Å²) in [6.07, 6.45) is 9.59. The summed E-state index contributed by atoms with van der Waals surface area (Å²) in [6, 6.07) is 14.0. The van der Waals surface area contributed by atoms with Crippen LogP contribution in [0.5, 0.6) is 0 Å². The zero-order chi connectivity index (χ0) is 21.2. The number of rotatable bonds is 2. The normalized spacial score (nSPS) is 20.8. The van der Waals surface area contributed by atoms with Crippen molar-refractivity contribution in [2.45, 2.75) is 66.5 Å². The van der Waals surface area contributed by atoms with E-state index in [-0.39, 0.29) is 10.8 Å². The van der Waals surface area contributed by atoms with E-state index in [4.69, 9.17) is 0 Å². The van der Waals surface area contributed by atoms with E-state index in [1.165, 1.54) is 11.1 Å². The summed E-state index contributed by atoms with van der Waals surface area (Å²) in [5.41, 5.74) is 6.51. The molecule has 0 nitrogen and oxygen atoms in total. The molecule has 0 aliphatic heterocycles. The van der Waals surface area contributed by atoms with Gasteiger partial charge in [0, 0.05) is 11.8 Å². The standard InChI is InChI=1S/C28H36Si/c1-27(2,3)21-17-15-19-11-9-13-23(25(19)21)29(7,8)24-14-10-12-20-16-18-22(26(20)24)28(4,5)6/h9-18,21-22H,1-8H3. The molecule has 0 saturated heterocycles. The first kappa shape index (κ1) is 20.4. The van der Waals surface area contributed by atoms with Crippen molar-refractivity contribution in [2.75, 3.05) is 0 Å². The van der Waals surface area contributed by atoms with Gasteiger partial charge in [-0.2, -0.15) is 0 Å². The van der Waals surface area contributed by atoms with Crippen molar-refractivity contribution < 1.29 is 0 Å². The fourth-order valence-corrected chi connectivity index (χ4v) is 8.68. The summed E-state index contributed by atoms with van der Waals surface area (Å²) in [7, 11) is -1.89. The molecule has 2 aromatic carbocycles. The highest BCUT2D eigenvalue weighted by atomic mass is 28.3. The summed E-state index contributed by atoms with van der Waals surface area (Å²) < 4.78 is 0.